The summed E-state index contributed by atoms with van der Waals surface area (Å²) in [6.45, 7) is 3.62. The van der Waals surface area contributed by atoms with Gasteiger partial charge in [-0.25, -0.2) is 4.52 Å². The molecule has 1 fully saturated rings. The molecule has 1 aliphatic rings. The number of hydrogen-bond acceptors (Lipinski definition) is 7. The predicted molar refractivity (Wildman–Crippen MR) is 137 cm³/mol. The minimum Gasteiger partial charge on any atom is -0.350 e. The zero-order valence-corrected chi connectivity index (χ0v) is 20.7. The van der Waals surface area contributed by atoms with Gasteiger partial charge in [0.05, 0.1) is 45.8 Å². The van der Waals surface area contributed by atoms with Crippen LogP contribution in [0.1, 0.15) is 22.5 Å². The van der Waals surface area contributed by atoms with Crippen molar-refractivity contribution in [1.82, 2.24) is 44.4 Å². The fourth-order valence-electron chi connectivity index (χ4n) is 4.68. The molecule has 11 nitrogen and oxygen atoms in total. The van der Waals surface area contributed by atoms with Crippen molar-refractivity contribution in [3.05, 3.63) is 54.4 Å². The molecule has 6 rings (SSSR count). The number of rotatable bonds is 6. The van der Waals surface area contributed by atoms with Gasteiger partial charge in [0.1, 0.15) is 0 Å². The summed E-state index contributed by atoms with van der Waals surface area (Å²) in [6.07, 6.45) is 10.3. The minimum absolute atomic E-state index is 0.128. The van der Waals surface area contributed by atoms with Gasteiger partial charge in [-0.05, 0) is 39.1 Å². The Hall–Kier alpha value is -4.25. The van der Waals surface area contributed by atoms with Gasteiger partial charge in [-0.3, -0.25) is 19.1 Å². The molecule has 1 atom stereocenters. The first-order valence-corrected chi connectivity index (χ1v) is 11.9. The van der Waals surface area contributed by atoms with E-state index in [2.05, 4.69) is 43.8 Å². The third-order valence-corrected chi connectivity index (χ3v) is 7.02. The summed E-state index contributed by atoms with van der Waals surface area (Å²) in [5.74, 6) is 0.529. The zero-order valence-electron chi connectivity index (χ0n) is 20.7. The lowest BCUT2D eigenvalue weighted by Gasteiger charge is -2.37. The van der Waals surface area contributed by atoms with Crippen LogP contribution in [0, 0.1) is 6.92 Å². The highest BCUT2D eigenvalue weighted by Crippen LogP contribution is 2.31. The van der Waals surface area contributed by atoms with E-state index < -0.39 is 0 Å². The number of likely N-dealkylation sites (tertiary alicyclic amines) is 1. The van der Waals surface area contributed by atoms with E-state index in [4.69, 9.17) is 5.10 Å². The van der Waals surface area contributed by atoms with Gasteiger partial charge in [-0.2, -0.15) is 15.3 Å². The molecular weight excluding hydrogens is 456 g/mol. The molecule has 5 aromatic heterocycles. The van der Waals surface area contributed by atoms with Crippen LogP contribution in [0.2, 0.25) is 0 Å². The van der Waals surface area contributed by atoms with E-state index in [9.17, 15) is 4.79 Å². The SMILES string of the molecule is Cc1ncc(C(=O)NC[C@@H]2CCN2C)cc1Nc1nn(C)c2c1cnn1cc(-c3cnn(C)c3)cc21. The van der Waals surface area contributed by atoms with Gasteiger partial charge in [0.2, 0.25) is 0 Å². The largest absolute Gasteiger partial charge is 0.350 e. The van der Waals surface area contributed by atoms with Gasteiger partial charge in [0.25, 0.3) is 5.91 Å². The van der Waals surface area contributed by atoms with Gasteiger partial charge in [-0.1, -0.05) is 0 Å². The average Bonchev–Trinajstić information content (AvgIpc) is 3.56. The molecule has 0 aliphatic carbocycles. The van der Waals surface area contributed by atoms with Crippen molar-refractivity contribution >= 4 is 33.8 Å². The van der Waals surface area contributed by atoms with Crippen LogP contribution >= 0.6 is 0 Å². The van der Waals surface area contributed by atoms with Crippen molar-refractivity contribution in [2.45, 2.75) is 19.4 Å². The molecular formula is C25H28N10O. The predicted octanol–water partition coefficient (Wildman–Crippen LogP) is 2.50. The highest BCUT2D eigenvalue weighted by atomic mass is 16.1. The Morgan fingerprint density at radius 1 is 1.08 bits per heavy atom. The van der Waals surface area contributed by atoms with Crippen molar-refractivity contribution in [3.8, 4) is 11.1 Å². The van der Waals surface area contributed by atoms with Gasteiger partial charge < -0.3 is 15.5 Å². The highest BCUT2D eigenvalue weighted by molar-refractivity contribution is 6.01. The normalized spacial score (nSPS) is 15.9. The molecule has 5 aromatic rings. The van der Waals surface area contributed by atoms with Crippen molar-refractivity contribution < 1.29 is 4.79 Å². The second-order valence-electron chi connectivity index (χ2n) is 9.46. The van der Waals surface area contributed by atoms with E-state index in [1.165, 1.54) is 0 Å². The highest BCUT2D eigenvalue weighted by Gasteiger charge is 2.24. The average molecular weight is 485 g/mol. The van der Waals surface area contributed by atoms with E-state index >= 15 is 0 Å². The maximum Gasteiger partial charge on any atom is 0.252 e. The molecule has 11 heteroatoms. The molecule has 0 bridgehead atoms. The fraction of sp³-hybridized carbons (Fsp3) is 0.320. The van der Waals surface area contributed by atoms with Crippen LogP contribution < -0.4 is 10.6 Å². The number of carbonyl (C=O) groups is 1. The molecule has 1 aliphatic heterocycles. The van der Waals surface area contributed by atoms with Crippen LogP contribution in [0.25, 0.3) is 27.5 Å². The molecule has 6 heterocycles. The summed E-state index contributed by atoms with van der Waals surface area (Å²) in [6, 6.07) is 4.32. The number of amides is 1. The molecule has 0 spiro atoms. The number of aryl methyl sites for hydroxylation is 3. The molecule has 0 radical (unpaired) electrons. The monoisotopic (exact) mass is 484 g/mol. The van der Waals surface area contributed by atoms with Crippen LogP contribution in [0.5, 0.6) is 0 Å². The second kappa shape index (κ2) is 8.45. The maximum absolute atomic E-state index is 12.8. The van der Waals surface area contributed by atoms with E-state index in [1.54, 1.807) is 17.1 Å². The number of aromatic nitrogens is 7. The lowest BCUT2D eigenvalue weighted by Crippen LogP contribution is -2.51. The number of carbonyl (C=O) groups excluding carboxylic acids is 1. The Morgan fingerprint density at radius 2 is 1.94 bits per heavy atom. The van der Waals surface area contributed by atoms with Crippen molar-refractivity contribution in [1.29, 1.82) is 0 Å². The Labute approximate surface area is 207 Å². The summed E-state index contributed by atoms with van der Waals surface area (Å²) in [5, 5.41) is 20.9. The number of likely N-dealkylation sites (N-methyl/N-ethyl adjacent to an activating group) is 1. The van der Waals surface area contributed by atoms with E-state index in [0.29, 0.717) is 24.0 Å². The Kier molecular flexibility index (Phi) is 5.22. The molecule has 0 saturated carbocycles. The molecule has 1 amide bonds. The van der Waals surface area contributed by atoms with Gasteiger partial charge in [0.15, 0.2) is 5.82 Å². The number of pyridine rings is 1. The summed E-state index contributed by atoms with van der Waals surface area (Å²) in [5.41, 5.74) is 5.97. The van der Waals surface area contributed by atoms with Crippen molar-refractivity contribution in [2.75, 3.05) is 25.5 Å². The molecule has 0 unspecified atom stereocenters. The van der Waals surface area contributed by atoms with Gasteiger partial charge in [-0.15, -0.1) is 0 Å². The Balaban J connectivity index is 1.30. The Bertz CT molecular complexity index is 1610. The molecule has 184 valence electrons. The van der Waals surface area contributed by atoms with E-state index in [0.717, 1.165) is 51.9 Å². The molecule has 0 aromatic carbocycles. The molecule has 1 saturated heterocycles. The number of hydrogen-bond donors (Lipinski definition) is 2. The maximum atomic E-state index is 12.8. The lowest BCUT2D eigenvalue weighted by atomic mass is 10.0. The number of nitrogens with zero attached hydrogens (tertiary/aromatic N) is 8. The summed E-state index contributed by atoms with van der Waals surface area (Å²) in [7, 11) is 5.89. The summed E-state index contributed by atoms with van der Waals surface area (Å²) in [4.78, 5) is 19.5. The van der Waals surface area contributed by atoms with Gasteiger partial charge in [0, 0.05) is 56.4 Å². The van der Waals surface area contributed by atoms with Crippen LogP contribution in [0.15, 0.2) is 43.1 Å². The molecule has 36 heavy (non-hydrogen) atoms. The number of fused-ring (bicyclic) bond motifs is 3. The quantitative estimate of drug-likeness (QED) is 0.381. The molecule has 2 N–H and O–H groups in total. The minimum atomic E-state index is -0.128. The van der Waals surface area contributed by atoms with Crippen molar-refractivity contribution in [3.63, 3.8) is 0 Å². The third-order valence-electron chi connectivity index (χ3n) is 7.02. The third kappa shape index (κ3) is 3.77. The van der Waals surface area contributed by atoms with Crippen LogP contribution in [-0.2, 0) is 14.1 Å². The van der Waals surface area contributed by atoms with Crippen LogP contribution in [0.4, 0.5) is 11.5 Å². The standard InChI is InChI=1S/C25H28N10O/c1-15-21(7-16(9-26-15)25(36)27-11-19-5-6-32(19)2)30-24-20-12-29-35-14-17(18-10-28-33(3)13-18)8-22(35)23(20)34(4)31-24/h7-10,12-14,19H,5-6,11H2,1-4H3,(H,27,36)(H,30,31)/t19-/m0/s1. The number of anilines is 2. The summed E-state index contributed by atoms with van der Waals surface area (Å²) >= 11 is 0. The fourth-order valence-corrected chi connectivity index (χ4v) is 4.68. The number of nitrogens with one attached hydrogen (secondary N) is 2. The first-order chi connectivity index (χ1) is 17.4. The van der Waals surface area contributed by atoms with E-state index in [1.807, 2.05) is 54.9 Å². The first-order valence-electron chi connectivity index (χ1n) is 11.9. The van der Waals surface area contributed by atoms with Crippen molar-refractivity contribution in [2.24, 2.45) is 14.1 Å². The second-order valence-corrected chi connectivity index (χ2v) is 9.46. The smallest absolute Gasteiger partial charge is 0.252 e. The zero-order chi connectivity index (χ0) is 25.0. The summed E-state index contributed by atoms with van der Waals surface area (Å²) < 4.78 is 5.48. The Morgan fingerprint density at radius 3 is 2.67 bits per heavy atom. The van der Waals surface area contributed by atoms with Crippen LogP contribution in [0.3, 0.4) is 0 Å². The van der Waals surface area contributed by atoms with Crippen LogP contribution in [-0.4, -0.2) is 71.1 Å². The van der Waals surface area contributed by atoms with Gasteiger partial charge >= 0.3 is 0 Å². The first kappa shape index (κ1) is 22.2. The lowest BCUT2D eigenvalue weighted by molar-refractivity contribution is 0.0884. The topological polar surface area (TPSA) is 110 Å². The van der Waals surface area contributed by atoms with E-state index in [-0.39, 0.29) is 5.91 Å².